The molecule has 0 saturated heterocycles. The minimum absolute atomic E-state index is 0.171. The zero-order valence-electron chi connectivity index (χ0n) is 20.4. The molecule has 6 rings (SSSR count). The molecule has 0 bridgehead atoms. The summed E-state index contributed by atoms with van der Waals surface area (Å²) in [5, 5.41) is 16.8. The minimum atomic E-state index is -0.947. The smallest absolute Gasteiger partial charge is 0.246 e. The molecule has 1 amide bonds. The molecule has 0 aliphatic heterocycles. The van der Waals surface area contributed by atoms with Crippen molar-refractivity contribution in [1.82, 2.24) is 0 Å². The van der Waals surface area contributed by atoms with Crippen molar-refractivity contribution in [2.45, 2.75) is 31.2 Å². The molecule has 1 aliphatic carbocycles. The molecule has 1 aliphatic rings. The van der Waals surface area contributed by atoms with E-state index in [2.05, 4.69) is 72.8 Å². The van der Waals surface area contributed by atoms with E-state index in [0.717, 1.165) is 41.3 Å². The van der Waals surface area contributed by atoms with E-state index in [9.17, 15) is 9.90 Å². The van der Waals surface area contributed by atoms with Gasteiger partial charge in [0.05, 0.1) is 12.3 Å². The van der Waals surface area contributed by atoms with E-state index in [1.165, 1.54) is 32.7 Å². The number of carbonyl (C=O) groups is 1. The zero-order chi connectivity index (χ0) is 24.8. The van der Waals surface area contributed by atoms with Crippen LogP contribution in [0.5, 0.6) is 0 Å². The number of hydrogen-bond acceptors (Lipinski definition) is 3. The monoisotopic (exact) mass is 474 g/mol. The molecule has 4 heteroatoms. The highest BCUT2D eigenvalue weighted by Gasteiger charge is 2.29. The number of benzene rings is 5. The first-order chi connectivity index (χ1) is 17.6. The van der Waals surface area contributed by atoms with Crippen LogP contribution in [0, 0.1) is 0 Å². The number of aryl methyl sites for hydroxylation is 1. The van der Waals surface area contributed by atoms with Crippen molar-refractivity contribution >= 4 is 43.9 Å². The van der Waals surface area contributed by atoms with Crippen LogP contribution >= 0.6 is 0 Å². The van der Waals surface area contributed by atoms with Crippen molar-refractivity contribution in [3.63, 3.8) is 0 Å². The second-order valence-electron chi connectivity index (χ2n) is 9.87. The highest BCUT2D eigenvalue weighted by molar-refractivity contribution is 6.09. The Bertz CT molecular complexity index is 1620. The van der Waals surface area contributed by atoms with E-state index < -0.39 is 6.04 Å². The summed E-state index contributed by atoms with van der Waals surface area (Å²) in [7, 11) is 1.78. The Hall–Kier alpha value is -3.73. The molecule has 2 atom stereocenters. The standard InChI is InChI=1S/C32H30N2O2/c1-34(32(36)30(33)19-35)31-23-10-5-3-8-21(23)14-16-29(31)25-12-6-11-24-27-15-13-20-7-2-4-9-22(20)26(27)17-18-28(24)25/h2-5,7-10,13-18,25,30,35H,6,11-12,19,33H2,1H3/t25-,30?/m1/s1. The number of aliphatic hydroxyl groups excluding tert-OH is 1. The van der Waals surface area contributed by atoms with Crippen LogP contribution in [0.4, 0.5) is 5.69 Å². The van der Waals surface area contributed by atoms with Gasteiger partial charge >= 0.3 is 0 Å². The molecule has 36 heavy (non-hydrogen) atoms. The van der Waals surface area contributed by atoms with Crippen LogP contribution in [0.25, 0.3) is 32.3 Å². The lowest BCUT2D eigenvalue weighted by atomic mass is 9.76. The number of aliphatic hydroxyl groups is 1. The molecule has 1 unspecified atom stereocenters. The van der Waals surface area contributed by atoms with Gasteiger partial charge in [0, 0.05) is 18.4 Å². The SMILES string of the molecule is CN(C(=O)C(N)CO)c1c([C@@H]2CCCc3c2ccc2c3ccc3ccccc32)ccc2ccccc12. The molecular formula is C32H30N2O2. The van der Waals surface area contributed by atoms with Gasteiger partial charge in [-0.1, -0.05) is 84.9 Å². The Morgan fingerprint density at radius 2 is 1.50 bits per heavy atom. The lowest BCUT2D eigenvalue weighted by molar-refractivity contribution is -0.120. The third-order valence-electron chi connectivity index (χ3n) is 7.86. The zero-order valence-corrected chi connectivity index (χ0v) is 20.4. The Morgan fingerprint density at radius 1 is 0.861 bits per heavy atom. The highest BCUT2D eigenvalue weighted by Crippen LogP contribution is 2.45. The Kier molecular flexibility index (Phi) is 5.71. The average Bonchev–Trinajstić information content (AvgIpc) is 2.94. The first-order valence-corrected chi connectivity index (χ1v) is 12.7. The molecule has 0 spiro atoms. The van der Waals surface area contributed by atoms with Crippen molar-refractivity contribution in [2.24, 2.45) is 5.73 Å². The van der Waals surface area contributed by atoms with E-state index in [4.69, 9.17) is 5.73 Å². The number of carbonyl (C=O) groups excluding carboxylic acids is 1. The molecule has 180 valence electrons. The predicted molar refractivity (Wildman–Crippen MR) is 149 cm³/mol. The van der Waals surface area contributed by atoms with E-state index in [-0.39, 0.29) is 18.4 Å². The van der Waals surface area contributed by atoms with Gasteiger partial charge in [0.1, 0.15) is 6.04 Å². The van der Waals surface area contributed by atoms with E-state index in [1.54, 1.807) is 11.9 Å². The molecule has 0 heterocycles. The van der Waals surface area contributed by atoms with Crippen LogP contribution in [0.1, 0.15) is 35.4 Å². The van der Waals surface area contributed by atoms with E-state index in [0.29, 0.717) is 0 Å². The molecule has 0 saturated carbocycles. The molecule has 5 aromatic carbocycles. The molecule has 3 N–H and O–H groups in total. The first-order valence-electron chi connectivity index (χ1n) is 12.7. The van der Waals surface area contributed by atoms with Gasteiger partial charge in [-0.15, -0.1) is 0 Å². The number of nitrogens with two attached hydrogens (primary N) is 1. The van der Waals surface area contributed by atoms with Gasteiger partial charge in [0.15, 0.2) is 0 Å². The summed E-state index contributed by atoms with van der Waals surface area (Å²) in [4.78, 5) is 14.8. The van der Waals surface area contributed by atoms with E-state index in [1.807, 2.05) is 12.1 Å². The third kappa shape index (κ3) is 3.57. The molecule has 0 aromatic heterocycles. The van der Waals surface area contributed by atoms with Gasteiger partial charge in [0.2, 0.25) is 5.91 Å². The average molecular weight is 475 g/mol. The number of nitrogens with zero attached hydrogens (tertiary/aromatic N) is 1. The van der Waals surface area contributed by atoms with Gasteiger partial charge in [-0.3, -0.25) is 4.79 Å². The molecule has 5 aromatic rings. The van der Waals surface area contributed by atoms with Crippen LogP contribution in [0.2, 0.25) is 0 Å². The summed E-state index contributed by atoms with van der Waals surface area (Å²) < 4.78 is 0. The number of rotatable bonds is 4. The minimum Gasteiger partial charge on any atom is -0.394 e. The number of hydrogen-bond donors (Lipinski definition) is 2. The van der Waals surface area contributed by atoms with Crippen LogP contribution in [0.3, 0.4) is 0 Å². The topological polar surface area (TPSA) is 66.6 Å². The van der Waals surface area contributed by atoms with Gasteiger partial charge in [-0.2, -0.15) is 0 Å². The van der Waals surface area contributed by atoms with Crippen molar-refractivity contribution in [2.75, 3.05) is 18.6 Å². The van der Waals surface area contributed by atoms with Crippen LogP contribution in [-0.2, 0) is 11.2 Å². The van der Waals surface area contributed by atoms with Crippen LogP contribution < -0.4 is 10.6 Å². The number of amides is 1. The number of anilines is 1. The first kappa shape index (κ1) is 22.7. The predicted octanol–water partition coefficient (Wildman–Crippen LogP) is 5.90. The molecular weight excluding hydrogens is 444 g/mol. The van der Waals surface area contributed by atoms with Gasteiger partial charge in [0.25, 0.3) is 0 Å². The van der Waals surface area contributed by atoms with Gasteiger partial charge < -0.3 is 15.7 Å². The summed E-state index contributed by atoms with van der Waals surface area (Å²) in [6, 6.07) is 29.2. The highest BCUT2D eigenvalue weighted by atomic mass is 16.3. The fraction of sp³-hybridized carbons (Fsp3) is 0.219. The molecule has 0 radical (unpaired) electrons. The maximum absolute atomic E-state index is 13.1. The summed E-state index contributed by atoms with van der Waals surface area (Å²) in [5.74, 6) is -0.110. The Morgan fingerprint density at radius 3 is 2.28 bits per heavy atom. The van der Waals surface area contributed by atoms with Gasteiger partial charge in [-0.25, -0.2) is 0 Å². The number of fused-ring (bicyclic) bond motifs is 6. The van der Waals surface area contributed by atoms with E-state index >= 15 is 0 Å². The quantitative estimate of drug-likeness (QED) is 0.319. The number of likely N-dealkylation sites (N-methyl/N-ethyl adjacent to an activating group) is 1. The lowest BCUT2D eigenvalue weighted by Gasteiger charge is -2.32. The van der Waals surface area contributed by atoms with Crippen molar-refractivity contribution in [3.05, 3.63) is 102 Å². The lowest BCUT2D eigenvalue weighted by Crippen LogP contribution is -2.44. The Labute approximate surface area is 211 Å². The van der Waals surface area contributed by atoms with Crippen molar-refractivity contribution in [3.8, 4) is 0 Å². The normalized spacial score (nSPS) is 16.2. The summed E-state index contributed by atoms with van der Waals surface area (Å²) >= 11 is 0. The summed E-state index contributed by atoms with van der Waals surface area (Å²) in [6.07, 6.45) is 3.16. The van der Waals surface area contributed by atoms with Crippen molar-refractivity contribution < 1.29 is 9.90 Å². The van der Waals surface area contributed by atoms with Crippen LogP contribution in [0.15, 0.2) is 84.9 Å². The van der Waals surface area contributed by atoms with Crippen molar-refractivity contribution in [1.29, 1.82) is 0 Å². The summed E-state index contributed by atoms with van der Waals surface area (Å²) in [6.45, 7) is -0.379. The van der Waals surface area contributed by atoms with Gasteiger partial charge in [-0.05, 0) is 62.9 Å². The summed E-state index contributed by atoms with van der Waals surface area (Å²) in [5.41, 5.74) is 10.7. The second kappa shape index (κ2) is 9.05. The second-order valence-corrected chi connectivity index (χ2v) is 9.87. The van der Waals surface area contributed by atoms with Crippen LogP contribution in [-0.4, -0.2) is 30.7 Å². The fourth-order valence-corrected chi connectivity index (χ4v) is 6.10. The third-order valence-corrected chi connectivity index (χ3v) is 7.86. The molecule has 4 nitrogen and oxygen atoms in total. The maximum Gasteiger partial charge on any atom is 0.246 e. The maximum atomic E-state index is 13.1. The largest absolute Gasteiger partial charge is 0.394 e. The fourth-order valence-electron chi connectivity index (χ4n) is 6.10. The Balaban J connectivity index is 1.56. The molecule has 0 fully saturated rings.